The highest BCUT2D eigenvalue weighted by atomic mass is 32.1. The van der Waals surface area contributed by atoms with Crippen molar-refractivity contribution >= 4 is 17.3 Å². The van der Waals surface area contributed by atoms with Crippen LogP contribution < -0.4 is 0 Å². The molecule has 0 radical (unpaired) electrons. The molecular formula is C10H15NO3S. The van der Waals surface area contributed by atoms with Gasteiger partial charge < -0.3 is 9.47 Å². The first-order valence-corrected chi connectivity index (χ1v) is 5.54. The summed E-state index contributed by atoms with van der Waals surface area (Å²) in [5.74, 6) is -0.331. The van der Waals surface area contributed by atoms with Gasteiger partial charge in [-0.3, -0.25) is 0 Å². The third kappa shape index (κ3) is 2.54. The first-order chi connectivity index (χ1) is 7.13. The van der Waals surface area contributed by atoms with Gasteiger partial charge in [0.25, 0.3) is 0 Å². The standard InChI is InChI=1S/C10H15NO3S/c1-5-7(13-3)9-11-6(2)8(15-9)10(12)14-4/h7H,5H2,1-4H3. The molecule has 4 nitrogen and oxygen atoms in total. The van der Waals surface area contributed by atoms with Gasteiger partial charge in [-0.05, 0) is 13.3 Å². The molecule has 1 heterocycles. The smallest absolute Gasteiger partial charge is 0.349 e. The zero-order chi connectivity index (χ0) is 11.4. The average Bonchev–Trinajstić information content (AvgIpc) is 2.61. The molecule has 0 aliphatic rings. The lowest BCUT2D eigenvalue weighted by atomic mass is 10.3. The Balaban J connectivity index is 2.99. The Labute approximate surface area is 93.2 Å². The van der Waals surface area contributed by atoms with E-state index in [2.05, 4.69) is 9.72 Å². The van der Waals surface area contributed by atoms with Crippen LogP contribution in [0.3, 0.4) is 0 Å². The second-order valence-corrected chi connectivity index (χ2v) is 4.12. The molecule has 1 aromatic rings. The number of hydrogen-bond acceptors (Lipinski definition) is 5. The molecule has 0 spiro atoms. The van der Waals surface area contributed by atoms with Crippen molar-refractivity contribution < 1.29 is 14.3 Å². The van der Waals surface area contributed by atoms with Crippen molar-refractivity contribution in [2.45, 2.75) is 26.4 Å². The third-order valence-corrected chi connectivity index (χ3v) is 3.34. The molecule has 0 aromatic carbocycles. The Kier molecular flexibility index (Phi) is 4.23. The summed E-state index contributed by atoms with van der Waals surface area (Å²) in [6, 6.07) is 0. The van der Waals surface area contributed by atoms with Crippen LogP contribution in [0.25, 0.3) is 0 Å². The highest BCUT2D eigenvalue weighted by molar-refractivity contribution is 7.13. The fourth-order valence-electron chi connectivity index (χ4n) is 1.28. The summed E-state index contributed by atoms with van der Waals surface area (Å²) < 4.78 is 9.93. The van der Waals surface area contributed by atoms with Crippen LogP contribution in [0.2, 0.25) is 0 Å². The predicted molar refractivity (Wildman–Crippen MR) is 58.2 cm³/mol. The molecule has 0 aliphatic carbocycles. The average molecular weight is 229 g/mol. The zero-order valence-electron chi connectivity index (χ0n) is 9.36. The van der Waals surface area contributed by atoms with Crippen LogP contribution >= 0.6 is 11.3 Å². The Morgan fingerprint density at radius 1 is 1.53 bits per heavy atom. The number of ether oxygens (including phenoxy) is 2. The third-order valence-electron chi connectivity index (χ3n) is 2.11. The highest BCUT2D eigenvalue weighted by Crippen LogP contribution is 2.27. The molecule has 0 fully saturated rings. The van der Waals surface area contributed by atoms with Gasteiger partial charge >= 0.3 is 5.97 Å². The van der Waals surface area contributed by atoms with Gasteiger partial charge in [0.15, 0.2) is 0 Å². The van der Waals surface area contributed by atoms with E-state index >= 15 is 0 Å². The minimum Gasteiger partial charge on any atom is -0.465 e. The summed E-state index contributed by atoms with van der Waals surface area (Å²) in [6.07, 6.45) is 0.802. The molecule has 1 unspecified atom stereocenters. The first kappa shape index (κ1) is 12.1. The molecule has 5 heteroatoms. The number of rotatable bonds is 4. The fourth-order valence-corrected chi connectivity index (χ4v) is 2.43. The minimum atomic E-state index is -0.331. The van der Waals surface area contributed by atoms with Crippen molar-refractivity contribution in [3.8, 4) is 0 Å². The molecule has 15 heavy (non-hydrogen) atoms. The van der Waals surface area contributed by atoms with Crippen molar-refractivity contribution in [1.29, 1.82) is 0 Å². The molecule has 84 valence electrons. The van der Waals surface area contributed by atoms with Crippen LogP contribution in [0.1, 0.15) is 39.8 Å². The number of aromatic nitrogens is 1. The minimum absolute atomic E-state index is 0.0351. The lowest BCUT2D eigenvalue weighted by molar-refractivity contribution is 0.0605. The predicted octanol–water partition coefficient (Wildman–Crippen LogP) is 2.34. The van der Waals surface area contributed by atoms with E-state index in [-0.39, 0.29) is 12.1 Å². The highest BCUT2D eigenvalue weighted by Gasteiger charge is 2.19. The second-order valence-electron chi connectivity index (χ2n) is 3.09. The van der Waals surface area contributed by atoms with Crippen molar-refractivity contribution in [2.75, 3.05) is 14.2 Å². The Morgan fingerprint density at radius 2 is 2.20 bits per heavy atom. The van der Waals surface area contributed by atoms with E-state index < -0.39 is 0 Å². The quantitative estimate of drug-likeness (QED) is 0.743. The number of aryl methyl sites for hydroxylation is 1. The second kappa shape index (κ2) is 5.23. The summed E-state index contributed by atoms with van der Waals surface area (Å²) in [7, 11) is 3.01. The molecular weight excluding hydrogens is 214 g/mol. The SMILES string of the molecule is CCC(OC)c1nc(C)c(C(=O)OC)s1. The number of nitrogens with zero attached hydrogens (tertiary/aromatic N) is 1. The van der Waals surface area contributed by atoms with E-state index in [0.717, 1.165) is 11.4 Å². The summed E-state index contributed by atoms with van der Waals surface area (Å²) in [4.78, 5) is 16.2. The molecule has 1 aromatic heterocycles. The Bertz CT molecular complexity index is 344. The number of carbonyl (C=O) groups is 1. The van der Waals surface area contributed by atoms with Crippen LogP contribution in [0.15, 0.2) is 0 Å². The summed E-state index contributed by atoms with van der Waals surface area (Å²) in [5, 5.41) is 0.831. The Hall–Kier alpha value is -0.940. The van der Waals surface area contributed by atoms with Crippen molar-refractivity contribution in [3.63, 3.8) is 0 Å². The Morgan fingerprint density at radius 3 is 2.67 bits per heavy atom. The molecule has 0 aliphatic heterocycles. The van der Waals surface area contributed by atoms with Gasteiger partial charge in [0.1, 0.15) is 16.0 Å². The lowest BCUT2D eigenvalue weighted by Crippen LogP contribution is -1.99. The summed E-state index contributed by atoms with van der Waals surface area (Å²) >= 11 is 1.34. The van der Waals surface area contributed by atoms with Crippen LogP contribution in [0.5, 0.6) is 0 Å². The van der Waals surface area contributed by atoms with Gasteiger partial charge in [0, 0.05) is 7.11 Å². The number of thiazole rings is 1. The van der Waals surface area contributed by atoms with Crippen LogP contribution in [0.4, 0.5) is 0 Å². The first-order valence-electron chi connectivity index (χ1n) is 4.72. The topological polar surface area (TPSA) is 48.4 Å². The van der Waals surface area contributed by atoms with Gasteiger partial charge in [-0.1, -0.05) is 6.92 Å². The van der Waals surface area contributed by atoms with E-state index in [1.807, 2.05) is 6.92 Å². The van der Waals surface area contributed by atoms with Crippen LogP contribution in [-0.2, 0) is 9.47 Å². The molecule has 1 atom stereocenters. The van der Waals surface area contributed by atoms with Gasteiger partial charge in [0.05, 0.1) is 12.8 Å². The largest absolute Gasteiger partial charge is 0.465 e. The molecule has 0 N–H and O–H groups in total. The normalized spacial score (nSPS) is 12.5. The number of carbonyl (C=O) groups excluding carboxylic acids is 1. The zero-order valence-corrected chi connectivity index (χ0v) is 10.2. The maximum Gasteiger partial charge on any atom is 0.349 e. The summed E-state index contributed by atoms with van der Waals surface area (Å²) in [6.45, 7) is 3.82. The van der Waals surface area contributed by atoms with Gasteiger partial charge in [-0.25, -0.2) is 9.78 Å². The van der Waals surface area contributed by atoms with E-state index in [0.29, 0.717) is 10.6 Å². The maximum absolute atomic E-state index is 11.4. The molecule has 0 saturated carbocycles. The fraction of sp³-hybridized carbons (Fsp3) is 0.600. The van der Waals surface area contributed by atoms with Crippen LogP contribution in [0, 0.1) is 6.92 Å². The van der Waals surface area contributed by atoms with Crippen molar-refractivity contribution in [1.82, 2.24) is 4.98 Å². The van der Waals surface area contributed by atoms with E-state index in [1.165, 1.54) is 18.4 Å². The van der Waals surface area contributed by atoms with Gasteiger partial charge in [-0.2, -0.15) is 0 Å². The molecule has 0 amide bonds. The summed E-state index contributed by atoms with van der Waals surface area (Å²) in [5.41, 5.74) is 0.706. The number of methoxy groups -OCH3 is 2. The molecule has 0 bridgehead atoms. The maximum atomic E-state index is 11.4. The molecule has 1 rings (SSSR count). The van der Waals surface area contributed by atoms with Crippen LogP contribution in [-0.4, -0.2) is 25.2 Å². The van der Waals surface area contributed by atoms with E-state index in [4.69, 9.17) is 4.74 Å². The van der Waals surface area contributed by atoms with Gasteiger partial charge in [0.2, 0.25) is 0 Å². The van der Waals surface area contributed by atoms with E-state index in [1.54, 1.807) is 14.0 Å². The molecule has 0 saturated heterocycles. The van der Waals surface area contributed by atoms with Crippen molar-refractivity contribution in [3.05, 3.63) is 15.6 Å². The van der Waals surface area contributed by atoms with Gasteiger partial charge in [-0.15, -0.1) is 11.3 Å². The van der Waals surface area contributed by atoms with Crippen molar-refractivity contribution in [2.24, 2.45) is 0 Å². The number of esters is 1. The number of hydrogen-bond donors (Lipinski definition) is 0. The van der Waals surface area contributed by atoms with E-state index in [9.17, 15) is 4.79 Å². The monoisotopic (exact) mass is 229 g/mol. The lowest BCUT2D eigenvalue weighted by Gasteiger charge is -2.08.